The van der Waals surface area contributed by atoms with Gasteiger partial charge in [0, 0.05) is 17.0 Å². The predicted molar refractivity (Wildman–Crippen MR) is 83.5 cm³/mol. The zero-order valence-electron chi connectivity index (χ0n) is 12.1. The Hall–Kier alpha value is -1.26. The number of aryl methyl sites for hydroxylation is 1. The average molecular weight is 292 g/mol. The van der Waals surface area contributed by atoms with Crippen LogP contribution in [0.4, 0.5) is 4.39 Å². The van der Waals surface area contributed by atoms with Gasteiger partial charge in [-0.25, -0.2) is 9.37 Å². The lowest BCUT2D eigenvalue weighted by Gasteiger charge is -2.02. The molecule has 0 amide bonds. The van der Waals surface area contributed by atoms with Gasteiger partial charge in [-0.15, -0.1) is 11.3 Å². The van der Waals surface area contributed by atoms with E-state index >= 15 is 0 Å². The van der Waals surface area contributed by atoms with Crippen molar-refractivity contribution in [3.05, 3.63) is 40.7 Å². The fourth-order valence-electron chi connectivity index (χ4n) is 2.05. The van der Waals surface area contributed by atoms with Gasteiger partial charge in [0.05, 0.1) is 5.69 Å². The van der Waals surface area contributed by atoms with E-state index in [1.807, 2.05) is 0 Å². The largest absolute Gasteiger partial charge is 0.312 e. The Bertz CT molecular complexity index is 534. The zero-order chi connectivity index (χ0) is 14.4. The minimum atomic E-state index is -0.205. The quantitative estimate of drug-likeness (QED) is 0.765. The third-order valence-electron chi connectivity index (χ3n) is 3.07. The fraction of sp³-hybridized carbons (Fsp3) is 0.438. The molecule has 0 bridgehead atoms. The summed E-state index contributed by atoms with van der Waals surface area (Å²) >= 11 is 1.71. The van der Waals surface area contributed by atoms with Gasteiger partial charge in [-0.05, 0) is 43.7 Å². The molecule has 0 aliphatic rings. The number of thiazole rings is 1. The third-order valence-corrected chi connectivity index (χ3v) is 4.22. The molecular weight excluding hydrogens is 271 g/mol. The second-order valence-corrected chi connectivity index (χ2v) is 5.91. The van der Waals surface area contributed by atoms with Gasteiger partial charge in [-0.3, -0.25) is 0 Å². The predicted octanol–water partition coefficient (Wildman–Crippen LogP) is 4.40. The van der Waals surface area contributed by atoms with E-state index < -0.39 is 0 Å². The summed E-state index contributed by atoms with van der Waals surface area (Å²) in [5.74, 6) is -0.205. The van der Waals surface area contributed by atoms with Crippen LogP contribution in [-0.4, -0.2) is 11.5 Å². The Kier molecular flexibility index (Phi) is 5.68. The molecule has 0 radical (unpaired) electrons. The molecule has 1 aromatic heterocycles. The van der Waals surface area contributed by atoms with Crippen molar-refractivity contribution < 1.29 is 4.39 Å². The molecular formula is C16H21FN2S. The lowest BCUT2D eigenvalue weighted by molar-refractivity contribution is 0.628. The van der Waals surface area contributed by atoms with Gasteiger partial charge in [0.25, 0.3) is 0 Å². The lowest BCUT2D eigenvalue weighted by atomic mass is 10.2. The van der Waals surface area contributed by atoms with Gasteiger partial charge in [-0.1, -0.05) is 20.3 Å². The Balaban J connectivity index is 2.21. The van der Waals surface area contributed by atoms with Gasteiger partial charge in [-0.2, -0.15) is 0 Å². The summed E-state index contributed by atoms with van der Waals surface area (Å²) < 4.78 is 13.0. The number of aromatic nitrogens is 1. The van der Waals surface area contributed by atoms with Crippen LogP contribution in [0.1, 0.15) is 37.3 Å². The molecule has 1 N–H and O–H groups in total. The smallest absolute Gasteiger partial charge is 0.123 e. The lowest BCUT2D eigenvalue weighted by Crippen LogP contribution is -2.13. The summed E-state index contributed by atoms with van der Waals surface area (Å²) in [5.41, 5.74) is 2.18. The Morgan fingerprint density at radius 3 is 2.55 bits per heavy atom. The number of rotatable bonds is 7. The van der Waals surface area contributed by atoms with E-state index in [1.54, 1.807) is 23.5 Å². The molecule has 20 heavy (non-hydrogen) atoms. The van der Waals surface area contributed by atoms with Crippen LogP contribution in [0.5, 0.6) is 0 Å². The van der Waals surface area contributed by atoms with E-state index in [2.05, 4.69) is 19.2 Å². The summed E-state index contributed by atoms with van der Waals surface area (Å²) in [6.07, 6.45) is 3.22. The molecule has 0 aliphatic carbocycles. The van der Waals surface area contributed by atoms with Crippen LogP contribution < -0.4 is 5.32 Å². The van der Waals surface area contributed by atoms with Gasteiger partial charge in [0.2, 0.25) is 0 Å². The van der Waals surface area contributed by atoms with Crippen molar-refractivity contribution >= 4 is 11.3 Å². The molecule has 4 heteroatoms. The minimum Gasteiger partial charge on any atom is -0.312 e. The third kappa shape index (κ3) is 3.87. The van der Waals surface area contributed by atoms with Crippen molar-refractivity contribution in [2.24, 2.45) is 0 Å². The van der Waals surface area contributed by atoms with E-state index in [1.165, 1.54) is 22.7 Å². The maximum absolute atomic E-state index is 13.0. The molecule has 0 spiro atoms. The molecule has 0 fully saturated rings. The minimum absolute atomic E-state index is 0.205. The number of hydrogen-bond acceptors (Lipinski definition) is 3. The molecule has 0 saturated carbocycles. The summed E-state index contributed by atoms with van der Waals surface area (Å²) in [7, 11) is 0. The van der Waals surface area contributed by atoms with E-state index in [0.29, 0.717) is 0 Å². The highest BCUT2D eigenvalue weighted by Crippen LogP contribution is 2.29. The first-order valence-electron chi connectivity index (χ1n) is 7.19. The summed E-state index contributed by atoms with van der Waals surface area (Å²) in [5, 5.41) is 4.42. The van der Waals surface area contributed by atoms with Crippen LogP contribution in [0.2, 0.25) is 0 Å². The Morgan fingerprint density at radius 2 is 1.90 bits per heavy atom. The summed E-state index contributed by atoms with van der Waals surface area (Å²) in [6, 6.07) is 6.58. The first-order valence-corrected chi connectivity index (χ1v) is 8.01. The number of hydrogen-bond donors (Lipinski definition) is 1. The second-order valence-electron chi connectivity index (χ2n) is 4.82. The normalized spacial score (nSPS) is 10.9. The van der Waals surface area contributed by atoms with Crippen LogP contribution in [0.15, 0.2) is 24.3 Å². The fourth-order valence-corrected chi connectivity index (χ4v) is 3.13. The summed E-state index contributed by atoms with van der Waals surface area (Å²) in [6.45, 7) is 6.23. The highest BCUT2D eigenvalue weighted by atomic mass is 32.1. The molecule has 108 valence electrons. The first kappa shape index (κ1) is 15.1. The highest BCUT2D eigenvalue weighted by molar-refractivity contribution is 7.15. The average Bonchev–Trinajstić information content (AvgIpc) is 2.84. The topological polar surface area (TPSA) is 24.9 Å². The van der Waals surface area contributed by atoms with Crippen molar-refractivity contribution in [3.63, 3.8) is 0 Å². The van der Waals surface area contributed by atoms with Crippen molar-refractivity contribution in [1.29, 1.82) is 0 Å². The standard InChI is InChI=1S/C16H21FN2S/c1-3-5-14-15(11-18-10-4-2)20-16(19-14)12-6-8-13(17)9-7-12/h6-9,18H,3-5,10-11H2,1-2H3. The SMILES string of the molecule is CCCNCc1sc(-c2ccc(F)cc2)nc1CCC. The summed E-state index contributed by atoms with van der Waals surface area (Å²) in [4.78, 5) is 6.04. The maximum Gasteiger partial charge on any atom is 0.123 e. The van der Waals surface area contributed by atoms with Crippen molar-refractivity contribution in [2.75, 3.05) is 6.54 Å². The molecule has 0 aliphatic heterocycles. The maximum atomic E-state index is 13.0. The Labute approximate surface area is 124 Å². The molecule has 2 aromatic rings. The molecule has 2 nitrogen and oxygen atoms in total. The molecule has 0 unspecified atom stereocenters. The monoisotopic (exact) mass is 292 g/mol. The van der Waals surface area contributed by atoms with Crippen molar-refractivity contribution in [2.45, 2.75) is 39.7 Å². The Morgan fingerprint density at radius 1 is 1.15 bits per heavy atom. The molecule has 1 aromatic carbocycles. The van der Waals surface area contributed by atoms with Gasteiger partial charge in [0.1, 0.15) is 10.8 Å². The van der Waals surface area contributed by atoms with Crippen LogP contribution >= 0.6 is 11.3 Å². The first-order chi connectivity index (χ1) is 9.74. The van der Waals surface area contributed by atoms with E-state index in [9.17, 15) is 4.39 Å². The van der Waals surface area contributed by atoms with E-state index in [0.717, 1.165) is 42.9 Å². The number of nitrogens with zero attached hydrogens (tertiary/aromatic N) is 1. The van der Waals surface area contributed by atoms with E-state index in [-0.39, 0.29) is 5.82 Å². The number of benzene rings is 1. The van der Waals surface area contributed by atoms with Gasteiger partial charge < -0.3 is 5.32 Å². The van der Waals surface area contributed by atoms with E-state index in [4.69, 9.17) is 4.98 Å². The molecule has 0 atom stereocenters. The number of nitrogens with one attached hydrogen (secondary N) is 1. The number of halogens is 1. The van der Waals surface area contributed by atoms with Crippen LogP contribution in [0.3, 0.4) is 0 Å². The van der Waals surface area contributed by atoms with Crippen LogP contribution in [-0.2, 0) is 13.0 Å². The molecule has 1 heterocycles. The highest BCUT2D eigenvalue weighted by Gasteiger charge is 2.11. The van der Waals surface area contributed by atoms with Crippen LogP contribution in [0.25, 0.3) is 10.6 Å². The van der Waals surface area contributed by atoms with Crippen molar-refractivity contribution in [1.82, 2.24) is 10.3 Å². The van der Waals surface area contributed by atoms with Gasteiger partial charge in [0.15, 0.2) is 0 Å². The van der Waals surface area contributed by atoms with Crippen LogP contribution in [0, 0.1) is 5.82 Å². The molecule has 2 rings (SSSR count). The van der Waals surface area contributed by atoms with Gasteiger partial charge >= 0.3 is 0 Å². The van der Waals surface area contributed by atoms with Crippen molar-refractivity contribution in [3.8, 4) is 10.6 Å². The molecule has 0 saturated heterocycles. The zero-order valence-corrected chi connectivity index (χ0v) is 12.9. The second kappa shape index (κ2) is 7.50.